The van der Waals surface area contributed by atoms with E-state index in [9.17, 15) is 4.79 Å². The van der Waals surface area contributed by atoms with Crippen LogP contribution in [0.15, 0.2) is 33.5 Å². The van der Waals surface area contributed by atoms with Crippen LogP contribution in [0.3, 0.4) is 0 Å². The predicted octanol–water partition coefficient (Wildman–Crippen LogP) is 3.59. The second kappa shape index (κ2) is 5.24. The van der Waals surface area contributed by atoms with Crippen molar-refractivity contribution in [2.45, 2.75) is 6.92 Å². The van der Waals surface area contributed by atoms with Gasteiger partial charge in [-0.3, -0.25) is 4.79 Å². The molecule has 0 atom stereocenters. The Balaban J connectivity index is 2.75. The van der Waals surface area contributed by atoms with Crippen molar-refractivity contribution in [3.05, 3.63) is 53.9 Å². The van der Waals surface area contributed by atoms with Gasteiger partial charge in [0.25, 0.3) is 5.56 Å². The normalized spacial score (nSPS) is 10.1. The molecule has 0 aliphatic rings. The summed E-state index contributed by atoms with van der Waals surface area (Å²) in [6, 6.07) is 9.54. The topological polar surface area (TPSA) is 56.6 Å². The van der Waals surface area contributed by atoms with E-state index in [4.69, 9.17) is 5.26 Å². The van der Waals surface area contributed by atoms with Gasteiger partial charge in [-0.15, -0.1) is 0 Å². The van der Waals surface area contributed by atoms with Crippen LogP contribution in [0.25, 0.3) is 11.1 Å². The van der Waals surface area contributed by atoms with Gasteiger partial charge >= 0.3 is 0 Å². The molecule has 0 bridgehead atoms. The van der Waals surface area contributed by atoms with E-state index in [1.165, 1.54) is 0 Å². The molecule has 0 unspecified atom stereocenters. The molecule has 0 fully saturated rings. The van der Waals surface area contributed by atoms with Crippen LogP contribution in [0, 0.1) is 21.8 Å². The Bertz CT molecular complexity index is 716. The van der Waals surface area contributed by atoms with Crippen molar-refractivity contribution in [2.75, 3.05) is 0 Å². The number of halogens is 2. The number of rotatable bonds is 1. The van der Waals surface area contributed by atoms with Gasteiger partial charge in [-0.1, -0.05) is 6.07 Å². The minimum absolute atomic E-state index is 0.147. The molecule has 90 valence electrons. The number of hydrogen-bond donors (Lipinski definition) is 1. The Kier molecular flexibility index (Phi) is 3.88. The van der Waals surface area contributed by atoms with Crippen LogP contribution in [-0.2, 0) is 0 Å². The van der Waals surface area contributed by atoms with Gasteiger partial charge in [-0.25, -0.2) is 0 Å². The van der Waals surface area contributed by atoms with Crippen LogP contribution in [0.4, 0.5) is 0 Å². The monoisotopic (exact) mass is 414 g/mol. The number of nitrogens with one attached hydrogen (secondary N) is 1. The number of aryl methyl sites for hydroxylation is 1. The molecule has 0 aliphatic carbocycles. The summed E-state index contributed by atoms with van der Waals surface area (Å²) in [6.07, 6.45) is 0. The molecule has 1 N–H and O–H groups in total. The summed E-state index contributed by atoms with van der Waals surface area (Å²) in [4.78, 5) is 14.4. The summed E-state index contributed by atoms with van der Waals surface area (Å²) in [5.41, 5.74) is 2.06. The highest BCUT2D eigenvalue weighted by Crippen LogP contribution is 2.28. The Morgan fingerprint density at radius 2 is 2.11 bits per heavy atom. The second-order valence-electron chi connectivity index (χ2n) is 3.81. The molecule has 0 aliphatic heterocycles. The number of aromatic nitrogens is 1. The van der Waals surface area contributed by atoms with Crippen LogP contribution < -0.4 is 5.56 Å². The van der Waals surface area contributed by atoms with Gasteiger partial charge < -0.3 is 4.98 Å². The third-order valence-electron chi connectivity index (χ3n) is 2.51. The minimum Gasteiger partial charge on any atom is -0.325 e. The highest BCUT2D eigenvalue weighted by Gasteiger charge is 2.11. The molecule has 1 heterocycles. The molecule has 18 heavy (non-hydrogen) atoms. The van der Waals surface area contributed by atoms with Crippen LogP contribution in [0.1, 0.15) is 11.3 Å². The van der Waals surface area contributed by atoms with E-state index in [2.05, 4.69) is 43.5 Å². The maximum Gasteiger partial charge on any atom is 0.266 e. The van der Waals surface area contributed by atoms with E-state index in [0.29, 0.717) is 5.56 Å². The molecule has 0 amide bonds. The lowest BCUT2D eigenvalue weighted by molar-refractivity contribution is 1.13. The molecule has 3 nitrogen and oxygen atoms in total. The number of nitriles is 1. The molecular formula is C13H8BrIN2O. The molecule has 0 saturated carbocycles. The molecule has 1 aromatic carbocycles. The van der Waals surface area contributed by atoms with Gasteiger partial charge in [0, 0.05) is 19.3 Å². The summed E-state index contributed by atoms with van der Waals surface area (Å²) in [6.45, 7) is 1.80. The standard InChI is InChI=1S/C13H8BrIN2O/c1-7-4-9(10(6-16)13(18)17-7)8-2-3-12(15)11(14)5-8/h2-5H,1H3,(H,17,18). The minimum atomic E-state index is -0.345. The third kappa shape index (κ3) is 2.49. The van der Waals surface area contributed by atoms with E-state index >= 15 is 0 Å². The SMILES string of the molecule is Cc1cc(-c2ccc(I)c(Br)c2)c(C#N)c(=O)[nH]1. The molecule has 0 spiro atoms. The maximum atomic E-state index is 11.7. The van der Waals surface area contributed by atoms with Crippen molar-refractivity contribution in [3.8, 4) is 17.2 Å². The largest absolute Gasteiger partial charge is 0.325 e. The second-order valence-corrected chi connectivity index (χ2v) is 5.83. The first-order valence-electron chi connectivity index (χ1n) is 5.12. The van der Waals surface area contributed by atoms with E-state index in [1.807, 2.05) is 30.3 Å². The summed E-state index contributed by atoms with van der Waals surface area (Å²) >= 11 is 5.66. The van der Waals surface area contributed by atoms with E-state index in [0.717, 1.165) is 19.3 Å². The fourth-order valence-electron chi connectivity index (χ4n) is 1.69. The summed E-state index contributed by atoms with van der Waals surface area (Å²) < 4.78 is 2.03. The van der Waals surface area contributed by atoms with Crippen molar-refractivity contribution in [1.29, 1.82) is 5.26 Å². The summed E-state index contributed by atoms with van der Waals surface area (Å²) in [7, 11) is 0. The van der Waals surface area contributed by atoms with Gasteiger partial charge in [0.05, 0.1) is 0 Å². The first-order valence-corrected chi connectivity index (χ1v) is 6.99. The van der Waals surface area contributed by atoms with Crippen molar-refractivity contribution >= 4 is 38.5 Å². The van der Waals surface area contributed by atoms with Crippen LogP contribution in [0.5, 0.6) is 0 Å². The Labute approximate surface area is 126 Å². The molecule has 2 aromatic rings. The fourth-order valence-corrected chi connectivity index (χ4v) is 2.41. The van der Waals surface area contributed by atoms with Gasteiger partial charge in [-0.05, 0) is 69.2 Å². The lowest BCUT2D eigenvalue weighted by Crippen LogP contribution is -2.12. The van der Waals surface area contributed by atoms with Crippen molar-refractivity contribution in [1.82, 2.24) is 4.98 Å². The number of benzene rings is 1. The number of hydrogen-bond acceptors (Lipinski definition) is 2. The highest BCUT2D eigenvalue weighted by atomic mass is 127. The Hall–Kier alpha value is -1.13. The first kappa shape index (κ1) is 13.3. The van der Waals surface area contributed by atoms with Crippen molar-refractivity contribution in [3.63, 3.8) is 0 Å². The van der Waals surface area contributed by atoms with Crippen LogP contribution >= 0.6 is 38.5 Å². The third-order valence-corrected chi connectivity index (χ3v) is 4.85. The molecule has 5 heteroatoms. The van der Waals surface area contributed by atoms with Crippen molar-refractivity contribution in [2.24, 2.45) is 0 Å². The molecule has 2 rings (SSSR count). The number of aromatic amines is 1. The van der Waals surface area contributed by atoms with Crippen LogP contribution in [0.2, 0.25) is 0 Å². The predicted molar refractivity (Wildman–Crippen MR) is 82.4 cm³/mol. The lowest BCUT2D eigenvalue weighted by atomic mass is 10.0. The molecular weight excluding hydrogens is 407 g/mol. The van der Waals surface area contributed by atoms with E-state index < -0.39 is 0 Å². The van der Waals surface area contributed by atoms with Crippen molar-refractivity contribution < 1.29 is 0 Å². The van der Waals surface area contributed by atoms with Crippen LogP contribution in [-0.4, -0.2) is 4.98 Å². The smallest absolute Gasteiger partial charge is 0.266 e. The molecule has 0 radical (unpaired) electrons. The van der Waals surface area contributed by atoms with E-state index in [-0.39, 0.29) is 11.1 Å². The van der Waals surface area contributed by atoms with Gasteiger partial charge in [0.2, 0.25) is 0 Å². The van der Waals surface area contributed by atoms with Gasteiger partial charge in [0.1, 0.15) is 11.6 Å². The zero-order chi connectivity index (χ0) is 13.3. The summed E-state index contributed by atoms with van der Waals surface area (Å²) in [5.74, 6) is 0. The Morgan fingerprint density at radius 1 is 1.39 bits per heavy atom. The zero-order valence-electron chi connectivity index (χ0n) is 9.42. The Morgan fingerprint density at radius 3 is 2.72 bits per heavy atom. The van der Waals surface area contributed by atoms with E-state index in [1.54, 1.807) is 6.92 Å². The number of pyridine rings is 1. The number of H-pyrrole nitrogens is 1. The van der Waals surface area contributed by atoms with Gasteiger partial charge in [-0.2, -0.15) is 5.26 Å². The quantitative estimate of drug-likeness (QED) is 0.725. The molecule has 0 saturated heterocycles. The number of nitrogens with zero attached hydrogens (tertiary/aromatic N) is 1. The zero-order valence-corrected chi connectivity index (χ0v) is 13.2. The highest BCUT2D eigenvalue weighted by molar-refractivity contribution is 14.1. The summed E-state index contributed by atoms with van der Waals surface area (Å²) in [5, 5.41) is 9.09. The lowest BCUT2D eigenvalue weighted by Gasteiger charge is -2.06. The molecule has 1 aromatic heterocycles. The average molecular weight is 415 g/mol. The maximum absolute atomic E-state index is 11.7. The first-order chi connectivity index (χ1) is 8.52. The fraction of sp³-hybridized carbons (Fsp3) is 0.0769. The van der Waals surface area contributed by atoms with Gasteiger partial charge in [0.15, 0.2) is 0 Å². The average Bonchev–Trinajstić information content (AvgIpc) is 2.32.